The second-order valence-corrected chi connectivity index (χ2v) is 2.39. The van der Waals surface area contributed by atoms with Crippen molar-refractivity contribution in [1.82, 2.24) is 0 Å². The molecule has 0 spiro atoms. The molecule has 0 aliphatic carbocycles. The number of nitrogens with zero attached hydrogens (tertiary/aromatic N) is 1. The average Bonchev–Trinajstić information content (AvgIpc) is 2.16. The maximum atomic E-state index is 10.7. The predicted molar refractivity (Wildman–Crippen MR) is 48.2 cm³/mol. The number of rotatable bonds is 2. The predicted octanol–water partition coefficient (Wildman–Crippen LogP) is 1.90. The molecule has 0 saturated heterocycles. The number of carbonyl (C=O) groups is 1. The first-order valence-corrected chi connectivity index (χ1v) is 3.59. The van der Waals surface area contributed by atoms with Crippen LogP contribution in [0.3, 0.4) is 0 Å². The van der Waals surface area contributed by atoms with Crippen molar-refractivity contribution in [3.63, 3.8) is 0 Å². The van der Waals surface area contributed by atoms with Gasteiger partial charge in [-0.05, 0) is 12.1 Å². The summed E-state index contributed by atoms with van der Waals surface area (Å²) in [6.07, 6.45) is 1.38. The van der Waals surface area contributed by atoms with Crippen LogP contribution < -0.4 is 0 Å². The van der Waals surface area contributed by atoms with E-state index < -0.39 is 5.97 Å². The molecule has 3 nitrogen and oxygen atoms in total. The van der Waals surface area contributed by atoms with Gasteiger partial charge in [-0.2, -0.15) is 5.26 Å². The van der Waals surface area contributed by atoms with Gasteiger partial charge in [-0.3, -0.25) is 0 Å². The number of carboxylic acids is 1. The van der Waals surface area contributed by atoms with Crippen LogP contribution in [0.2, 0.25) is 0 Å². The van der Waals surface area contributed by atoms with E-state index in [1.165, 1.54) is 18.2 Å². The molecule has 0 atom stereocenters. The number of nitriles is 1. The number of aromatic carboxylic acids is 1. The molecule has 1 N–H and O–H groups in total. The highest BCUT2D eigenvalue weighted by Crippen LogP contribution is 2.15. The molecule has 0 unspecified atom stereocenters. The number of benzene rings is 1. The molecule has 0 radical (unpaired) electrons. The Balaban J connectivity index is 3.46. The lowest BCUT2D eigenvalue weighted by atomic mass is 10.0. The van der Waals surface area contributed by atoms with Gasteiger partial charge >= 0.3 is 5.97 Å². The smallest absolute Gasteiger partial charge is 0.336 e. The lowest BCUT2D eigenvalue weighted by Crippen LogP contribution is -2.00. The average molecular weight is 173 g/mol. The zero-order chi connectivity index (χ0) is 9.84. The van der Waals surface area contributed by atoms with E-state index in [1.807, 2.05) is 6.07 Å². The first-order valence-electron chi connectivity index (χ1n) is 3.59. The largest absolute Gasteiger partial charge is 0.478 e. The minimum absolute atomic E-state index is 0.106. The summed E-state index contributed by atoms with van der Waals surface area (Å²) < 4.78 is 0. The van der Waals surface area contributed by atoms with Gasteiger partial charge in [-0.1, -0.05) is 18.7 Å². The van der Waals surface area contributed by atoms with Crippen molar-refractivity contribution in [3.05, 3.63) is 41.5 Å². The van der Waals surface area contributed by atoms with Crippen molar-refractivity contribution >= 4 is 12.0 Å². The summed E-state index contributed by atoms with van der Waals surface area (Å²) in [5, 5.41) is 17.4. The van der Waals surface area contributed by atoms with Gasteiger partial charge in [0.2, 0.25) is 0 Å². The summed E-state index contributed by atoms with van der Waals surface area (Å²) in [6, 6.07) is 6.45. The van der Waals surface area contributed by atoms with Crippen LogP contribution in [0, 0.1) is 11.3 Å². The van der Waals surface area contributed by atoms with E-state index >= 15 is 0 Å². The van der Waals surface area contributed by atoms with E-state index in [0.717, 1.165) is 0 Å². The van der Waals surface area contributed by atoms with E-state index in [2.05, 4.69) is 6.58 Å². The lowest BCUT2D eigenvalue weighted by Gasteiger charge is -2.01. The Morgan fingerprint density at radius 3 is 2.77 bits per heavy atom. The lowest BCUT2D eigenvalue weighted by molar-refractivity contribution is 0.0696. The number of carboxylic acid groups (broad SMARTS) is 1. The van der Waals surface area contributed by atoms with Gasteiger partial charge in [0.25, 0.3) is 0 Å². The molecule has 0 bridgehead atoms. The minimum Gasteiger partial charge on any atom is -0.478 e. The Labute approximate surface area is 75.5 Å². The van der Waals surface area contributed by atoms with Gasteiger partial charge in [0, 0.05) is 5.56 Å². The Kier molecular flexibility index (Phi) is 2.46. The standard InChI is InChI=1S/C10H7NO2/c1-2-8-7(6-11)4-3-5-9(8)10(12)13/h2-5H,1H2,(H,12,13). The van der Waals surface area contributed by atoms with Crippen molar-refractivity contribution in [3.8, 4) is 6.07 Å². The maximum Gasteiger partial charge on any atom is 0.336 e. The summed E-state index contributed by atoms with van der Waals surface area (Å²) in [5.41, 5.74) is 0.807. The van der Waals surface area contributed by atoms with E-state index in [-0.39, 0.29) is 5.56 Å². The molecule has 13 heavy (non-hydrogen) atoms. The zero-order valence-corrected chi connectivity index (χ0v) is 6.82. The fourth-order valence-corrected chi connectivity index (χ4v) is 1.07. The third-order valence-corrected chi connectivity index (χ3v) is 1.66. The van der Waals surface area contributed by atoms with Crippen LogP contribution in [0.4, 0.5) is 0 Å². The van der Waals surface area contributed by atoms with Gasteiger partial charge in [0.15, 0.2) is 0 Å². The van der Waals surface area contributed by atoms with Gasteiger partial charge in [-0.25, -0.2) is 4.79 Å². The quantitative estimate of drug-likeness (QED) is 0.742. The topological polar surface area (TPSA) is 61.1 Å². The van der Waals surface area contributed by atoms with Crippen molar-refractivity contribution in [1.29, 1.82) is 5.26 Å². The third kappa shape index (κ3) is 1.57. The molecule has 0 heterocycles. The van der Waals surface area contributed by atoms with Gasteiger partial charge in [0.05, 0.1) is 17.2 Å². The molecule has 0 fully saturated rings. The Morgan fingerprint density at radius 2 is 2.31 bits per heavy atom. The fraction of sp³-hybridized carbons (Fsp3) is 0. The van der Waals surface area contributed by atoms with Crippen molar-refractivity contribution < 1.29 is 9.90 Å². The maximum absolute atomic E-state index is 10.7. The SMILES string of the molecule is C=Cc1c(C#N)cccc1C(=O)O. The third-order valence-electron chi connectivity index (χ3n) is 1.66. The van der Waals surface area contributed by atoms with Gasteiger partial charge in [-0.15, -0.1) is 0 Å². The highest BCUT2D eigenvalue weighted by atomic mass is 16.4. The summed E-state index contributed by atoms with van der Waals surface area (Å²) in [5.74, 6) is -1.05. The molecule has 1 rings (SSSR count). The summed E-state index contributed by atoms with van der Waals surface area (Å²) in [7, 11) is 0. The highest BCUT2D eigenvalue weighted by Gasteiger charge is 2.10. The summed E-state index contributed by atoms with van der Waals surface area (Å²) in [4.78, 5) is 10.7. The van der Waals surface area contributed by atoms with E-state index in [9.17, 15) is 4.79 Å². The van der Waals surface area contributed by atoms with Crippen molar-refractivity contribution in [2.75, 3.05) is 0 Å². The Morgan fingerprint density at radius 1 is 1.62 bits per heavy atom. The Hall–Kier alpha value is -2.08. The fourth-order valence-electron chi connectivity index (χ4n) is 1.07. The molecule has 1 aromatic carbocycles. The molecule has 0 aliphatic rings. The summed E-state index contributed by atoms with van der Waals surface area (Å²) >= 11 is 0. The van der Waals surface area contributed by atoms with Crippen molar-refractivity contribution in [2.45, 2.75) is 0 Å². The van der Waals surface area contributed by atoms with Crippen LogP contribution in [0.1, 0.15) is 21.5 Å². The molecule has 0 aromatic heterocycles. The molecule has 0 aliphatic heterocycles. The second-order valence-electron chi connectivity index (χ2n) is 2.39. The van der Waals surface area contributed by atoms with Crippen molar-refractivity contribution in [2.24, 2.45) is 0 Å². The molecule has 1 aromatic rings. The molecule has 0 saturated carbocycles. The minimum atomic E-state index is -1.05. The number of hydrogen-bond donors (Lipinski definition) is 1. The van der Waals surface area contributed by atoms with Gasteiger partial charge < -0.3 is 5.11 Å². The molecule has 0 amide bonds. The van der Waals surface area contributed by atoms with Crippen LogP contribution in [-0.4, -0.2) is 11.1 Å². The molecular formula is C10H7NO2. The van der Waals surface area contributed by atoms with Crippen LogP contribution in [-0.2, 0) is 0 Å². The molecular weight excluding hydrogens is 166 g/mol. The first kappa shape index (κ1) is 9.01. The van der Waals surface area contributed by atoms with Crippen LogP contribution in [0.25, 0.3) is 6.08 Å². The number of hydrogen-bond acceptors (Lipinski definition) is 2. The van der Waals surface area contributed by atoms with E-state index in [1.54, 1.807) is 6.07 Å². The molecule has 64 valence electrons. The van der Waals surface area contributed by atoms with E-state index in [4.69, 9.17) is 10.4 Å². The molecule has 3 heteroatoms. The Bertz CT molecular complexity index is 402. The monoisotopic (exact) mass is 173 g/mol. The second kappa shape index (κ2) is 3.55. The highest BCUT2D eigenvalue weighted by molar-refractivity contribution is 5.93. The van der Waals surface area contributed by atoms with E-state index in [0.29, 0.717) is 11.1 Å². The van der Waals surface area contributed by atoms with Crippen LogP contribution in [0.15, 0.2) is 24.8 Å². The van der Waals surface area contributed by atoms with Gasteiger partial charge in [0.1, 0.15) is 0 Å². The summed E-state index contributed by atoms with van der Waals surface area (Å²) in [6.45, 7) is 3.47. The first-order chi connectivity index (χ1) is 6.20. The van der Waals surface area contributed by atoms with Crippen LogP contribution in [0.5, 0.6) is 0 Å². The zero-order valence-electron chi connectivity index (χ0n) is 6.82. The normalized spacial score (nSPS) is 8.85. The van der Waals surface area contributed by atoms with Crippen LogP contribution >= 0.6 is 0 Å².